The molecule has 4 aliphatic rings. The first-order valence-electron chi connectivity index (χ1n) is 18.8. The van der Waals surface area contributed by atoms with Crippen molar-refractivity contribution >= 4 is 49.2 Å². The molecule has 8 rings (SSSR count). The maximum absolute atomic E-state index is 12.5. The largest absolute Gasteiger partial charge is 1.00 e. The summed E-state index contributed by atoms with van der Waals surface area (Å²) in [6.07, 6.45) is 3.51. The Bertz CT molecular complexity index is 2110. The molecule has 0 spiro atoms. The number of halogens is 2. The molecule has 58 heavy (non-hydrogen) atoms. The van der Waals surface area contributed by atoms with E-state index in [1.54, 1.807) is 47.8 Å². The molecule has 0 aliphatic carbocycles. The van der Waals surface area contributed by atoms with Crippen LogP contribution in [0, 0.1) is 0 Å². The third-order valence-electron chi connectivity index (χ3n) is 11.0. The fourth-order valence-corrected chi connectivity index (χ4v) is 8.58. The normalized spacial score (nSPS) is 21.9. The van der Waals surface area contributed by atoms with Gasteiger partial charge in [0.2, 0.25) is 0 Å². The summed E-state index contributed by atoms with van der Waals surface area (Å²) >= 11 is 12.4. The monoisotopic (exact) mass is 822 g/mol. The van der Waals surface area contributed by atoms with Crippen LogP contribution in [-0.2, 0) is 27.5 Å². The van der Waals surface area contributed by atoms with E-state index in [1.807, 2.05) is 48.5 Å². The minimum atomic E-state index is -1.20. The van der Waals surface area contributed by atoms with Gasteiger partial charge in [0.25, 0.3) is 0 Å². The van der Waals surface area contributed by atoms with Gasteiger partial charge in [-0.3, -0.25) is 24.6 Å². The Kier molecular flexibility index (Phi) is 14.5. The van der Waals surface area contributed by atoms with Gasteiger partial charge in [0.1, 0.15) is 30.8 Å². The van der Waals surface area contributed by atoms with Crippen molar-refractivity contribution in [3.8, 4) is 11.5 Å². The molecule has 0 amide bonds. The summed E-state index contributed by atoms with van der Waals surface area (Å²) in [6, 6.07) is 16.9. The number of fused-ring (bicyclic) bond motifs is 4. The van der Waals surface area contributed by atoms with Crippen molar-refractivity contribution in [1.29, 1.82) is 0 Å². The van der Waals surface area contributed by atoms with Gasteiger partial charge in [0, 0.05) is 84.0 Å². The zero-order valence-electron chi connectivity index (χ0n) is 32.8. The second-order valence-electron chi connectivity index (χ2n) is 14.4. The maximum atomic E-state index is 12.5. The Morgan fingerprint density at radius 1 is 0.759 bits per heavy atom. The number of benzene rings is 2. The number of aliphatic carboxylic acids is 1. The van der Waals surface area contributed by atoms with Crippen molar-refractivity contribution in [2.24, 2.45) is 0 Å². The summed E-state index contributed by atoms with van der Waals surface area (Å²) in [7, 11) is -0.232. The number of hydrogen-bond acceptors (Lipinski definition) is 14. The van der Waals surface area contributed by atoms with Crippen molar-refractivity contribution in [3.63, 3.8) is 0 Å². The standard InChI is InChI=1S/C20H23BClN3O4.C19H21BClN3O4.Li/c1-21(27)25-9-8-24(11-16(25)20(26)28-2)19-15-6-5-14(22)10-17(15)29-12-13-4-3-7-23-18(13)19;1-20(27)24-8-7-23(10-15(24)19(25)26)18-14-5-4-13(21)9-16(14)28-11-12-3-2-6-22-17(12)18;/h3-7,10,16,19,27H,8-9,11-12H2,1-2H3;2-6,9,15,18,27H,7-8,10-11H2,1H3,(H,25,26);/q;;+1/p-1/t16-,19+;15-,18+;/m11./s1. The van der Waals surface area contributed by atoms with Crippen LogP contribution in [0.1, 0.15) is 45.7 Å². The van der Waals surface area contributed by atoms with E-state index in [2.05, 4.69) is 19.8 Å². The Hall–Kier alpha value is -3.65. The molecule has 4 atom stereocenters. The molecule has 298 valence electrons. The first kappa shape index (κ1) is 43.9. The van der Waals surface area contributed by atoms with Gasteiger partial charge < -0.3 is 43.8 Å². The Morgan fingerprint density at radius 3 is 1.64 bits per heavy atom. The fourth-order valence-electron chi connectivity index (χ4n) is 8.26. The zero-order valence-corrected chi connectivity index (χ0v) is 34.3. The summed E-state index contributed by atoms with van der Waals surface area (Å²) in [6.45, 7) is 6.76. The molecular weight excluding hydrogens is 780 g/mol. The van der Waals surface area contributed by atoms with Crippen LogP contribution in [0.15, 0.2) is 73.1 Å². The summed E-state index contributed by atoms with van der Waals surface area (Å²) < 4.78 is 17.0. The molecule has 2 aromatic heterocycles. The molecule has 4 aliphatic heterocycles. The summed E-state index contributed by atoms with van der Waals surface area (Å²) in [5, 5.41) is 33.0. The minimum absolute atomic E-state index is 0. The number of carboxylic acids is 1. The van der Waals surface area contributed by atoms with Crippen molar-refractivity contribution < 1.29 is 57.8 Å². The van der Waals surface area contributed by atoms with Gasteiger partial charge in [-0.05, 0) is 50.0 Å². The van der Waals surface area contributed by atoms with Crippen LogP contribution in [0.3, 0.4) is 0 Å². The van der Waals surface area contributed by atoms with Crippen LogP contribution in [0.4, 0.5) is 0 Å². The molecule has 19 heteroatoms. The predicted molar refractivity (Wildman–Crippen MR) is 213 cm³/mol. The second-order valence-corrected chi connectivity index (χ2v) is 15.3. The number of pyridine rings is 2. The third kappa shape index (κ3) is 9.22. The first-order chi connectivity index (χ1) is 27.4. The van der Waals surface area contributed by atoms with Crippen LogP contribution >= 0.6 is 23.2 Å². The van der Waals surface area contributed by atoms with Gasteiger partial charge in [0.15, 0.2) is 0 Å². The predicted octanol–water partition coefficient (Wildman–Crippen LogP) is -0.446. The molecule has 0 radical (unpaired) electrons. The SMILES string of the molecule is CB(O)N1CCN([C@H]2c3ccc(Cl)cc3OCc3cccnc32)C[C@@H]1C(=O)[O-].COC(=O)[C@H]1CN([C@H]2c3ccc(Cl)cc3OCc3cccnc32)CCN1B(C)O.[Li+]. The van der Waals surface area contributed by atoms with Gasteiger partial charge in [0.05, 0.1) is 42.6 Å². The van der Waals surface area contributed by atoms with E-state index >= 15 is 0 Å². The second kappa shape index (κ2) is 19.2. The van der Waals surface area contributed by atoms with E-state index in [9.17, 15) is 24.7 Å². The quantitative estimate of drug-likeness (QED) is 0.190. The molecule has 0 saturated carbocycles. The number of nitrogens with zero attached hydrogens (tertiary/aromatic N) is 6. The van der Waals surface area contributed by atoms with Gasteiger partial charge >= 0.3 is 38.9 Å². The summed E-state index contributed by atoms with van der Waals surface area (Å²) in [5.41, 5.74) is 5.54. The average molecular weight is 823 g/mol. The topological polar surface area (TPSA) is 164 Å². The molecule has 6 heterocycles. The Morgan fingerprint density at radius 2 is 1.21 bits per heavy atom. The van der Waals surface area contributed by atoms with Crippen molar-refractivity contribution in [2.45, 2.75) is 51.0 Å². The minimum Gasteiger partial charge on any atom is -0.548 e. The van der Waals surface area contributed by atoms with Crippen molar-refractivity contribution in [3.05, 3.63) is 117 Å². The molecule has 14 nitrogen and oxygen atoms in total. The number of aromatic nitrogens is 2. The van der Waals surface area contributed by atoms with E-state index < -0.39 is 32.2 Å². The van der Waals surface area contributed by atoms with Crippen LogP contribution in [0.25, 0.3) is 0 Å². The van der Waals surface area contributed by atoms with Crippen LogP contribution in [0.5, 0.6) is 11.5 Å². The molecule has 0 unspecified atom stereocenters. The number of piperazine rings is 2. The van der Waals surface area contributed by atoms with Gasteiger partial charge in [-0.2, -0.15) is 0 Å². The number of carboxylic acid groups (broad SMARTS) is 1. The molecule has 0 bridgehead atoms. The summed E-state index contributed by atoms with van der Waals surface area (Å²) in [4.78, 5) is 41.0. The number of methoxy groups -OCH3 is 1. The van der Waals surface area contributed by atoms with Crippen molar-refractivity contribution in [1.82, 2.24) is 29.4 Å². The number of carbonyl (C=O) groups is 2. The Balaban J connectivity index is 0.000000192. The number of esters is 1. The van der Waals surface area contributed by atoms with Gasteiger partial charge in [-0.25, -0.2) is 0 Å². The van der Waals surface area contributed by atoms with Crippen LogP contribution in [0.2, 0.25) is 23.7 Å². The van der Waals surface area contributed by atoms with Crippen LogP contribution in [-0.4, -0.2) is 124 Å². The van der Waals surface area contributed by atoms with Gasteiger partial charge in [-0.15, -0.1) is 0 Å². The van der Waals surface area contributed by atoms with E-state index in [4.69, 9.17) is 37.4 Å². The van der Waals surface area contributed by atoms with Crippen LogP contribution < -0.4 is 33.4 Å². The smallest absolute Gasteiger partial charge is 0.548 e. The molecule has 2 aromatic carbocycles. The van der Waals surface area contributed by atoms with E-state index in [1.165, 1.54) is 7.11 Å². The van der Waals surface area contributed by atoms with E-state index in [-0.39, 0.29) is 43.5 Å². The molecule has 2 saturated heterocycles. The number of carbonyl (C=O) groups excluding carboxylic acids is 2. The zero-order chi connectivity index (χ0) is 40.4. The van der Waals surface area contributed by atoms with Gasteiger partial charge in [-0.1, -0.05) is 47.5 Å². The number of rotatable bonds is 6. The molecular formula is C39H43B2Cl2LiN6O8. The Labute approximate surface area is 360 Å². The molecule has 2 fully saturated rings. The average Bonchev–Trinajstić information content (AvgIpc) is 3.48. The van der Waals surface area contributed by atoms with E-state index in [0.29, 0.717) is 67.5 Å². The number of ether oxygens (including phenoxy) is 3. The van der Waals surface area contributed by atoms with E-state index in [0.717, 1.165) is 33.6 Å². The fraction of sp³-hybridized carbons (Fsp3) is 0.385. The first-order valence-corrected chi connectivity index (χ1v) is 19.6. The molecule has 2 N–H and O–H groups in total. The molecule has 4 aromatic rings. The summed E-state index contributed by atoms with van der Waals surface area (Å²) in [5.74, 6) is -0.183. The van der Waals surface area contributed by atoms with Crippen molar-refractivity contribution in [2.75, 3.05) is 46.4 Å². The maximum Gasteiger partial charge on any atom is 1.00 e. The third-order valence-corrected chi connectivity index (χ3v) is 11.5. The number of hydrogen-bond donors (Lipinski definition) is 2.